The van der Waals surface area contributed by atoms with Gasteiger partial charge in [0.05, 0.1) is 11.3 Å². The number of imide groups is 1. The summed E-state index contributed by atoms with van der Waals surface area (Å²) in [6.45, 7) is 3.06. The molecular weight excluding hydrogens is 374 g/mol. The van der Waals surface area contributed by atoms with Gasteiger partial charge in [0.15, 0.2) is 6.61 Å². The molecule has 0 radical (unpaired) electrons. The van der Waals surface area contributed by atoms with Gasteiger partial charge in [-0.05, 0) is 37.6 Å². The van der Waals surface area contributed by atoms with E-state index in [-0.39, 0.29) is 23.2 Å². The van der Waals surface area contributed by atoms with Gasteiger partial charge in [0.1, 0.15) is 0 Å². The monoisotopic (exact) mass is 397 g/mol. The average Bonchev–Trinajstić information content (AvgIpc) is 2.72. The summed E-state index contributed by atoms with van der Waals surface area (Å²) >= 11 is 0. The van der Waals surface area contributed by atoms with Crippen LogP contribution >= 0.6 is 0 Å². The summed E-state index contributed by atoms with van der Waals surface area (Å²) in [7, 11) is 0. The summed E-state index contributed by atoms with van der Waals surface area (Å²) < 4.78 is 4.97. The molecule has 152 valence electrons. The summed E-state index contributed by atoms with van der Waals surface area (Å²) in [5, 5.41) is 7.30. The van der Waals surface area contributed by atoms with Gasteiger partial charge in [0.2, 0.25) is 0 Å². The maximum atomic E-state index is 12.3. The van der Waals surface area contributed by atoms with Crippen molar-refractivity contribution >= 4 is 29.5 Å². The molecule has 1 atom stereocenters. The first-order chi connectivity index (χ1) is 13.9. The predicted octanol–water partition coefficient (Wildman–Crippen LogP) is 2.72. The highest BCUT2D eigenvalue weighted by molar-refractivity contribution is 6.08. The third-order valence-corrected chi connectivity index (χ3v) is 4.01. The zero-order valence-electron chi connectivity index (χ0n) is 16.2. The number of benzene rings is 2. The summed E-state index contributed by atoms with van der Waals surface area (Å²) in [6, 6.07) is 14.1. The molecule has 4 amide bonds. The van der Waals surface area contributed by atoms with Crippen molar-refractivity contribution in [1.29, 1.82) is 0 Å². The van der Waals surface area contributed by atoms with Gasteiger partial charge < -0.3 is 15.4 Å². The Bertz CT molecular complexity index is 883. The molecule has 8 heteroatoms. The molecule has 0 fully saturated rings. The van der Waals surface area contributed by atoms with Crippen LogP contribution < -0.4 is 16.0 Å². The number of rotatable bonds is 7. The van der Waals surface area contributed by atoms with E-state index in [2.05, 4.69) is 16.0 Å². The topological polar surface area (TPSA) is 114 Å². The van der Waals surface area contributed by atoms with E-state index in [9.17, 15) is 19.2 Å². The van der Waals surface area contributed by atoms with Gasteiger partial charge in [-0.3, -0.25) is 14.9 Å². The van der Waals surface area contributed by atoms with Gasteiger partial charge in [-0.15, -0.1) is 0 Å². The average molecular weight is 397 g/mol. The maximum absolute atomic E-state index is 12.3. The van der Waals surface area contributed by atoms with Crippen molar-refractivity contribution in [3.63, 3.8) is 0 Å². The Morgan fingerprint density at radius 2 is 1.62 bits per heavy atom. The van der Waals surface area contributed by atoms with Gasteiger partial charge in [0, 0.05) is 11.6 Å². The normalized spacial score (nSPS) is 11.1. The Hall–Kier alpha value is -3.68. The Morgan fingerprint density at radius 3 is 2.31 bits per heavy atom. The van der Waals surface area contributed by atoms with E-state index < -0.39 is 24.5 Å². The second kappa shape index (κ2) is 10.6. The van der Waals surface area contributed by atoms with Crippen molar-refractivity contribution in [3.05, 3.63) is 65.7 Å². The predicted molar refractivity (Wildman–Crippen MR) is 108 cm³/mol. The fraction of sp³-hybridized carbons (Fsp3) is 0.238. The van der Waals surface area contributed by atoms with Crippen LogP contribution in [0, 0.1) is 0 Å². The SMILES string of the molecule is CC[C@@H](C)NC(=O)NC(=O)COC(=O)c1ccccc1NC(=O)c1ccccc1. The first-order valence-corrected chi connectivity index (χ1v) is 9.13. The Kier molecular flexibility index (Phi) is 7.90. The molecule has 8 nitrogen and oxygen atoms in total. The fourth-order valence-corrected chi connectivity index (χ4v) is 2.29. The second-order valence-electron chi connectivity index (χ2n) is 6.27. The third-order valence-electron chi connectivity index (χ3n) is 4.01. The van der Waals surface area contributed by atoms with Crippen LogP contribution in [0.4, 0.5) is 10.5 Å². The molecule has 0 aliphatic rings. The molecule has 0 saturated carbocycles. The van der Waals surface area contributed by atoms with E-state index in [4.69, 9.17) is 4.74 Å². The first kappa shape index (κ1) is 21.6. The number of carbonyl (C=O) groups is 4. The van der Waals surface area contributed by atoms with E-state index >= 15 is 0 Å². The number of ether oxygens (including phenoxy) is 1. The Morgan fingerprint density at radius 1 is 0.966 bits per heavy atom. The molecule has 2 aromatic carbocycles. The van der Waals surface area contributed by atoms with Gasteiger partial charge in [-0.25, -0.2) is 9.59 Å². The van der Waals surface area contributed by atoms with E-state index in [1.807, 2.05) is 6.92 Å². The molecule has 0 aliphatic carbocycles. The van der Waals surface area contributed by atoms with Gasteiger partial charge >= 0.3 is 12.0 Å². The summed E-state index contributed by atoms with van der Waals surface area (Å²) in [4.78, 5) is 48.1. The lowest BCUT2D eigenvalue weighted by Gasteiger charge is -2.13. The minimum absolute atomic E-state index is 0.0913. The van der Waals surface area contributed by atoms with E-state index in [1.54, 1.807) is 55.5 Å². The quantitative estimate of drug-likeness (QED) is 0.622. The van der Waals surface area contributed by atoms with Crippen LogP contribution in [0.15, 0.2) is 54.6 Å². The molecule has 0 aliphatic heterocycles. The number of anilines is 1. The standard InChI is InChI=1S/C21H23N3O5/c1-3-14(2)22-21(28)24-18(25)13-29-20(27)16-11-7-8-12-17(16)23-19(26)15-9-5-4-6-10-15/h4-12,14H,3,13H2,1-2H3,(H,23,26)(H2,22,24,25,28)/t14-/m1/s1. The van der Waals surface area contributed by atoms with Crippen molar-refractivity contribution in [1.82, 2.24) is 10.6 Å². The number of nitrogens with one attached hydrogen (secondary N) is 3. The zero-order chi connectivity index (χ0) is 21.2. The molecule has 0 heterocycles. The van der Waals surface area contributed by atoms with E-state index in [1.165, 1.54) is 6.07 Å². The number of hydrogen-bond donors (Lipinski definition) is 3. The Labute approximate surface area is 168 Å². The number of hydrogen-bond acceptors (Lipinski definition) is 5. The number of urea groups is 1. The smallest absolute Gasteiger partial charge is 0.340 e. The summed E-state index contributed by atoms with van der Waals surface area (Å²) in [5.41, 5.74) is 0.775. The molecule has 0 spiro atoms. The zero-order valence-corrected chi connectivity index (χ0v) is 16.2. The summed E-state index contributed by atoms with van der Waals surface area (Å²) in [6.07, 6.45) is 0.710. The molecule has 2 rings (SSSR count). The highest BCUT2D eigenvalue weighted by Gasteiger charge is 2.17. The van der Waals surface area contributed by atoms with Crippen molar-refractivity contribution in [2.45, 2.75) is 26.3 Å². The molecule has 0 aromatic heterocycles. The molecule has 29 heavy (non-hydrogen) atoms. The van der Waals surface area contributed by atoms with Gasteiger partial charge in [-0.1, -0.05) is 37.3 Å². The molecular formula is C21H23N3O5. The van der Waals surface area contributed by atoms with Crippen molar-refractivity contribution in [2.24, 2.45) is 0 Å². The lowest BCUT2D eigenvalue weighted by Crippen LogP contribution is -2.44. The fourth-order valence-electron chi connectivity index (χ4n) is 2.29. The van der Waals surface area contributed by atoms with Crippen LogP contribution in [0.3, 0.4) is 0 Å². The van der Waals surface area contributed by atoms with Crippen LogP contribution in [-0.2, 0) is 9.53 Å². The molecule has 2 aromatic rings. The summed E-state index contributed by atoms with van der Waals surface area (Å²) in [5.74, 6) is -1.94. The molecule has 0 unspecified atom stereocenters. The lowest BCUT2D eigenvalue weighted by atomic mass is 10.1. The molecule has 0 bridgehead atoms. The maximum Gasteiger partial charge on any atom is 0.340 e. The number of para-hydroxylation sites is 1. The van der Waals surface area contributed by atoms with Crippen molar-refractivity contribution in [2.75, 3.05) is 11.9 Å². The number of esters is 1. The van der Waals surface area contributed by atoms with Crippen molar-refractivity contribution < 1.29 is 23.9 Å². The van der Waals surface area contributed by atoms with Gasteiger partial charge in [-0.2, -0.15) is 0 Å². The van der Waals surface area contributed by atoms with E-state index in [0.717, 1.165) is 0 Å². The van der Waals surface area contributed by atoms with Crippen LogP contribution in [0.5, 0.6) is 0 Å². The van der Waals surface area contributed by atoms with E-state index in [0.29, 0.717) is 12.0 Å². The lowest BCUT2D eigenvalue weighted by molar-refractivity contribution is -0.123. The molecule has 0 saturated heterocycles. The highest BCUT2D eigenvalue weighted by atomic mass is 16.5. The minimum Gasteiger partial charge on any atom is -0.452 e. The highest BCUT2D eigenvalue weighted by Crippen LogP contribution is 2.17. The number of amides is 4. The van der Waals surface area contributed by atoms with Crippen LogP contribution in [0.1, 0.15) is 41.0 Å². The largest absolute Gasteiger partial charge is 0.452 e. The first-order valence-electron chi connectivity index (χ1n) is 9.13. The number of carbonyl (C=O) groups excluding carboxylic acids is 4. The van der Waals surface area contributed by atoms with Crippen LogP contribution in [-0.4, -0.2) is 36.5 Å². The van der Waals surface area contributed by atoms with Crippen molar-refractivity contribution in [3.8, 4) is 0 Å². The third kappa shape index (κ3) is 6.76. The molecule has 3 N–H and O–H groups in total. The Balaban J connectivity index is 1.95. The van der Waals surface area contributed by atoms with Gasteiger partial charge in [0.25, 0.3) is 11.8 Å². The minimum atomic E-state index is -0.800. The van der Waals surface area contributed by atoms with Crippen LogP contribution in [0.2, 0.25) is 0 Å². The van der Waals surface area contributed by atoms with Crippen LogP contribution in [0.25, 0.3) is 0 Å². The second-order valence-corrected chi connectivity index (χ2v) is 6.27.